The molecule has 1 aliphatic rings. The Balaban J connectivity index is 1.35. The van der Waals surface area contributed by atoms with E-state index in [4.69, 9.17) is 9.63 Å². The van der Waals surface area contributed by atoms with Gasteiger partial charge in [-0.05, 0) is 48.4 Å². The first-order chi connectivity index (χ1) is 14.5. The summed E-state index contributed by atoms with van der Waals surface area (Å²) in [7, 11) is 0. The van der Waals surface area contributed by atoms with E-state index in [2.05, 4.69) is 41.4 Å². The molecule has 1 aliphatic carbocycles. The number of nitrogens with one attached hydrogen (secondary N) is 1. The van der Waals surface area contributed by atoms with Crippen LogP contribution in [0, 0.1) is 11.8 Å². The molecule has 30 heavy (non-hydrogen) atoms. The molecule has 3 aromatic rings. The number of aliphatic carboxylic acids is 1. The number of hydrogen-bond donors (Lipinski definition) is 2. The molecule has 4 rings (SSSR count). The van der Waals surface area contributed by atoms with Gasteiger partial charge in [-0.15, -0.1) is 0 Å². The quantitative estimate of drug-likeness (QED) is 0.571. The summed E-state index contributed by atoms with van der Waals surface area (Å²) < 4.78 is 5.47. The lowest BCUT2D eigenvalue weighted by atomic mass is 9.80. The maximum absolute atomic E-state index is 10.9. The average Bonchev–Trinajstić information content (AvgIpc) is 3.17. The first-order valence-electron chi connectivity index (χ1n) is 10.5. The number of carbonyl (C=O) groups is 1. The van der Waals surface area contributed by atoms with Crippen LogP contribution < -0.4 is 5.32 Å². The molecular weight excluding hydrogens is 378 g/mol. The molecule has 0 spiro atoms. The number of hydrogen-bond acceptors (Lipinski definition) is 5. The second kappa shape index (κ2) is 8.79. The summed E-state index contributed by atoms with van der Waals surface area (Å²) in [6.45, 7) is 5.14. The number of carboxylic acid groups (broad SMARTS) is 1. The highest BCUT2D eigenvalue weighted by Crippen LogP contribution is 2.28. The Morgan fingerprint density at radius 3 is 2.33 bits per heavy atom. The van der Waals surface area contributed by atoms with Crippen LogP contribution in [-0.2, 0) is 17.8 Å². The van der Waals surface area contributed by atoms with E-state index in [1.807, 2.05) is 36.4 Å². The third kappa shape index (κ3) is 4.76. The van der Waals surface area contributed by atoms with Crippen molar-refractivity contribution in [3.05, 3.63) is 59.7 Å². The van der Waals surface area contributed by atoms with Crippen LogP contribution in [0.15, 0.2) is 53.1 Å². The van der Waals surface area contributed by atoms with E-state index in [1.54, 1.807) is 0 Å². The molecule has 0 aliphatic heterocycles. The summed E-state index contributed by atoms with van der Waals surface area (Å²) in [4.78, 5) is 15.4. The average molecular weight is 405 g/mol. The molecule has 0 bridgehead atoms. The molecule has 6 nitrogen and oxygen atoms in total. The van der Waals surface area contributed by atoms with Crippen molar-refractivity contribution < 1.29 is 14.4 Å². The minimum absolute atomic E-state index is 0.191. The third-order valence-electron chi connectivity index (χ3n) is 5.57. The fraction of sp³-hybridized carbons (Fsp3) is 0.375. The maximum Gasteiger partial charge on any atom is 0.306 e. The zero-order valence-electron chi connectivity index (χ0n) is 17.3. The van der Waals surface area contributed by atoms with Gasteiger partial charge >= 0.3 is 5.97 Å². The largest absolute Gasteiger partial charge is 0.481 e. The number of nitrogens with zero attached hydrogens (tertiary/aromatic N) is 2. The van der Waals surface area contributed by atoms with Crippen LogP contribution in [0.4, 0.5) is 0 Å². The standard InChI is InChI=1S/C24H27N3O3/c1-15(2)11-16-3-9-19(10-4-16)23-26-22(27-30-23)18-7-5-17(6-8-18)14-25-21-12-20(13-21)24(28)29/h3-10,15,20-21,25H,11-14H2,1-2H3,(H,28,29)/t20-,21-. The number of rotatable bonds is 8. The second-order valence-corrected chi connectivity index (χ2v) is 8.50. The molecule has 156 valence electrons. The molecule has 0 amide bonds. The molecule has 0 unspecified atom stereocenters. The summed E-state index contributed by atoms with van der Waals surface area (Å²) in [5.74, 6) is 0.829. The van der Waals surface area contributed by atoms with E-state index in [0.29, 0.717) is 30.5 Å². The van der Waals surface area contributed by atoms with Gasteiger partial charge in [0.25, 0.3) is 5.89 Å². The molecule has 6 heteroatoms. The van der Waals surface area contributed by atoms with Gasteiger partial charge in [-0.2, -0.15) is 4.98 Å². The van der Waals surface area contributed by atoms with Gasteiger partial charge in [0.05, 0.1) is 5.92 Å². The molecule has 1 saturated carbocycles. The van der Waals surface area contributed by atoms with Crippen molar-refractivity contribution in [1.82, 2.24) is 15.5 Å². The maximum atomic E-state index is 10.9. The molecule has 2 N–H and O–H groups in total. The van der Waals surface area contributed by atoms with Crippen LogP contribution in [0.3, 0.4) is 0 Å². The minimum atomic E-state index is -0.691. The van der Waals surface area contributed by atoms with Crippen LogP contribution in [0.2, 0.25) is 0 Å². The van der Waals surface area contributed by atoms with E-state index in [0.717, 1.165) is 29.7 Å². The van der Waals surface area contributed by atoms with Gasteiger partial charge in [-0.25, -0.2) is 0 Å². The van der Waals surface area contributed by atoms with Crippen molar-refractivity contribution >= 4 is 5.97 Å². The highest BCUT2D eigenvalue weighted by atomic mass is 16.5. The predicted octanol–water partition coefficient (Wildman–Crippen LogP) is 4.55. The first-order valence-corrected chi connectivity index (χ1v) is 10.5. The summed E-state index contributed by atoms with van der Waals surface area (Å²) >= 11 is 0. The van der Waals surface area contributed by atoms with E-state index >= 15 is 0 Å². The van der Waals surface area contributed by atoms with Crippen molar-refractivity contribution in [3.8, 4) is 22.8 Å². The summed E-state index contributed by atoms with van der Waals surface area (Å²) in [5, 5.41) is 16.5. The molecular formula is C24H27N3O3. The van der Waals surface area contributed by atoms with Crippen molar-refractivity contribution in [2.75, 3.05) is 0 Å². The van der Waals surface area contributed by atoms with Crippen LogP contribution in [0.1, 0.15) is 37.8 Å². The summed E-state index contributed by atoms with van der Waals surface area (Å²) in [6.07, 6.45) is 2.46. The van der Waals surface area contributed by atoms with Crippen molar-refractivity contribution in [2.45, 2.75) is 45.7 Å². The fourth-order valence-electron chi connectivity index (χ4n) is 3.73. The Morgan fingerprint density at radius 2 is 1.70 bits per heavy atom. The summed E-state index contributed by atoms with van der Waals surface area (Å²) in [5.41, 5.74) is 4.27. The van der Waals surface area contributed by atoms with Crippen molar-refractivity contribution in [1.29, 1.82) is 0 Å². The van der Waals surface area contributed by atoms with E-state index in [1.165, 1.54) is 5.56 Å². The van der Waals surface area contributed by atoms with Crippen LogP contribution in [-0.4, -0.2) is 27.3 Å². The van der Waals surface area contributed by atoms with Gasteiger partial charge in [-0.1, -0.05) is 55.4 Å². The van der Waals surface area contributed by atoms with Crippen LogP contribution >= 0.6 is 0 Å². The Morgan fingerprint density at radius 1 is 1.07 bits per heavy atom. The first kappa shape index (κ1) is 20.3. The normalized spacial score (nSPS) is 18.4. The lowest BCUT2D eigenvalue weighted by molar-refractivity contribution is -0.145. The van der Waals surface area contributed by atoms with Crippen LogP contribution in [0.25, 0.3) is 22.8 Å². The Labute approximate surface area is 176 Å². The van der Waals surface area contributed by atoms with Gasteiger partial charge in [0.1, 0.15) is 0 Å². The number of carboxylic acids is 1. The molecule has 0 saturated heterocycles. The van der Waals surface area contributed by atoms with E-state index < -0.39 is 5.97 Å². The molecule has 1 aromatic heterocycles. The van der Waals surface area contributed by atoms with Gasteiger partial charge in [0.2, 0.25) is 5.82 Å². The third-order valence-corrected chi connectivity index (χ3v) is 5.57. The zero-order chi connectivity index (χ0) is 21.1. The van der Waals surface area contributed by atoms with E-state index in [-0.39, 0.29) is 12.0 Å². The second-order valence-electron chi connectivity index (χ2n) is 8.50. The zero-order valence-corrected chi connectivity index (χ0v) is 17.3. The Bertz CT molecular complexity index is 987. The van der Waals surface area contributed by atoms with Crippen molar-refractivity contribution in [2.24, 2.45) is 11.8 Å². The van der Waals surface area contributed by atoms with Crippen LogP contribution in [0.5, 0.6) is 0 Å². The predicted molar refractivity (Wildman–Crippen MR) is 115 cm³/mol. The monoisotopic (exact) mass is 405 g/mol. The topological polar surface area (TPSA) is 88.2 Å². The Hall–Kier alpha value is -2.99. The highest BCUT2D eigenvalue weighted by Gasteiger charge is 2.33. The van der Waals surface area contributed by atoms with Gasteiger partial charge in [0, 0.05) is 23.7 Å². The van der Waals surface area contributed by atoms with Crippen molar-refractivity contribution in [3.63, 3.8) is 0 Å². The van der Waals surface area contributed by atoms with E-state index in [9.17, 15) is 4.79 Å². The highest BCUT2D eigenvalue weighted by molar-refractivity contribution is 5.71. The molecule has 1 fully saturated rings. The minimum Gasteiger partial charge on any atom is -0.481 e. The molecule has 2 aromatic carbocycles. The molecule has 0 radical (unpaired) electrons. The molecule has 1 heterocycles. The van der Waals surface area contributed by atoms with Gasteiger partial charge in [-0.3, -0.25) is 4.79 Å². The lowest BCUT2D eigenvalue weighted by Gasteiger charge is -2.33. The van der Waals surface area contributed by atoms with Gasteiger partial charge in [0.15, 0.2) is 0 Å². The molecule has 0 atom stereocenters. The van der Waals surface area contributed by atoms with Gasteiger partial charge < -0.3 is 14.9 Å². The number of aromatic nitrogens is 2. The Kier molecular flexibility index (Phi) is 5.95. The smallest absolute Gasteiger partial charge is 0.306 e. The lowest BCUT2D eigenvalue weighted by Crippen LogP contribution is -2.43. The summed E-state index contributed by atoms with van der Waals surface area (Å²) in [6, 6.07) is 16.6. The fourth-order valence-corrected chi connectivity index (χ4v) is 3.73. The SMILES string of the molecule is CC(C)Cc1ccc(-c2nc(-c3ccc(CN[C@H]4C[C@H](C(=O)O)C4)cc3)no2)cc1. The number of benzene rings is 2.